The summed E-state index contributed by atoms with van der Waals surface area (Å²) in [4.78, 5) is 0. The normalized spacial score (nSPS) is 14.0. The van der Waals surface area contributed by atoms with Crippen LogP contribution in [-0.2, 0) is 19.5 Å². The molecule has 0 nitrogen and oxygen atoms in total. The fourth-order valence-corrected chi connectivity index (χ4v) is 0.478. The van der Waals surface area contributed by atoms with E-state index in [0.717, 1.165) is 5.57 Å². The minimum atomic E-state index is 0. The van der Waals surface area contributed by atoms with Crippen molar-refractivity contribution in [2.75, 3.05) is 0 Å². The monoisotopic (exact) mass is 282 g/mol. The maximum absolute atomic E-state index is 3.72. The second-order valence-corrected chi connectivity index (χ2v) is 1.49. The quantitative estimate of drug-likeness (QED) is 0.390. The number of rotatable bonds is 0. The molecule has 1 aliphatic carbocycles. The number of allylic oxidation sites excluding steroid dienone is 5. The molecule has 0 saturated carbocycles. The van der Waals surface area contributed by atoms with E-state index < -0.39 is 0 Å². The molecule has 0 aromatic heterocycles. The molecule has 1 radical (unpaired) electrons. The summed E-state index contributed by atoms with van der Waals surface area (Å²) in [6, 6.07) is 0. The molecule has 0 aliphatic heterocycles. The first kappa shape index (κ1) is 12.3. The van der Waals surface area contributed by atoms with Crippen molar-refractivity contribution in [2.45, 2.75) is 0 Å². The van der Waals surface area contributed by atoms with Crippen LogP contribution >= 0.6 is 0 Å². The Kier molecular flexibility index (Phi) is 9.12. The van der Waals surface area contributed by atoms with Gasteiger partial charge in [-0.3, -0.25) is 0 Å². The van der Waals surface area contributed by atoms with Gasteiger partial charge in [-0.05, 0) is 5.57 Å². The van der Waals surface area contributed by atoms with Crippen LogP contribution < -0.4 is 24.0 Å². The van der Waals surface area contributed by atoms with Gasteiger partial charge in [0.15, 0.2) is 0 Å². The van der Waals surface area contributed by atoms with Gasteiger partial charge < -0.3 is 24.0 Å². The summed E-state index contributed by atoms with van der Waals surface area (Å²) >= 11 is 0. The Bertz CT molecular complexity index is 136. The van der Waals surface area contributed by atoms with Crippen LogP contribution in [0, 0.1) is 6.42 Å². The van der Waals surface area contributed by atoms with Crippen LogP contribution in [0.15, 0.2) is 36.5 Å². The molecule has 0 aromatic carbocycles. The van der Waals surface area contributed by atoms with Gasteiger partial charge in [-0.15, -0.1) is 0 Å². The standard InChI is InChI=1S/C7H7.HI.Zn/c1-7-5-3-2-4-6-7;;/h2-6H,1H2;1H;/p-1. The zero-order valence-electron chi connectivity index (χ0n) is 5.18. The molecule has 0 saturated heterocycles. The van der Waals surface area contributed by atoms with Crippen molar-refractivity contribution in [3.63, 3.8) is 0 Å². The Morgan fingerprint density at radius 1 is 1.11 bits per heavy atom. The van der Waals surface area contributed by atoms with Crippen LogP contribution in [0.25, 0.3) is 0 Å². The first-order valence-corrected chi connectivity index (χ1v) is 2.26. The largest absolute Gasteiger partial charge is 1.00 e. The first-order valence-electron chi connectivity index (χ1n) is 2.26. The van der Waals surface area contributed by atoms with E-state index in [9.17, 15) is 0 Å². The van der Waals surface area contributed by atoms with Crippen LogP contribution in [0.4, 0.5) is 0 Å². The van der Waals surface area contributed by atoms with E-state index in [-0.39, 0.29) is 43.5 Å². The Hall–Kier alpha value is 0.573. The first-order chi connectivity index (χ1) is 3.39. The zero-order valence-corrected chi connectivity index (χ0v) is 10.3. The smallest absolute Gasteiger partial charge is 0.0119 e. The third kappa shape index (κ3) is 5.04. The molecule has 0 aromatic rings. The molecular weight excluding hydrogens is 276 g/mol. The van der Waals surface area contributed by atoms with Gasteiger partial charge in [0.2, 0.25) is 0 Å². The van der Waals surface area contributed by atoms with E-state index in [1.54, 1.807) is 0 Å². The van der Waals surface area contributed by atoms with E-state index in [4.69, 9.17) is 0 Å². The summed E-state index contributed by atoms with van der Waals surface area (Å²) in [7, 11) is 0. The summed E-state index contributed by atoms with van der Waals surface area (Å²) in [6.45, 7) is 3.72. The topological polar surface area (TPSA) is 0 Å². The van der Waals surface area contributed by atoms with E-state index in [2.05, 4.69) is 6.58 Å². The molecule has 1 aliphatic rings. The predicted octanol–water partition coefficient (Wildman–Crippen LogP) is -1.13. The van der Waals surface area contributed by atoms with Gasteiger partial charge in [-0.2, -0.15) is 0 Å². The van der Waals surface area contributed by atoms with Gasteiger partial charge in [-0.1, -0.05) is 30.9 Å². The van der Waals surface area contributed by atoms with Gasteiger partial charge in [0.25, 0.3) is 0 Å². The Morgan fingerprint density at radius 3 is 2.00 bits per heavy atom. The zero-order chi connectivity index (χ0) is 5.11. The molecule has 2 heteroatoms. The van der Waals surface area contributed by atoms with Crippen molar-refractivity contribution < 1.29 is 43.5 Å². The van der Waals surface area contributed by atoms with Crippen LogP contribution in [0.2, 0.25) is 0 Å². The van der Waals surface area contributed by atoms with Gasteiger partial charge in [0.05, 0.1) is 0 Å². The molecule has 0 amide bonds. The van der Waals surface area contributed by atoms with Gasteiger partial charge in [0, 0.05) is 25.9 Å². The second kappa shape index (κ2) is 6.69. The van der Waals surface area contributed by atoms with E-state index >= 15 is 0 Å². The Balaban J connectivity index is 0. The molecule has 9 heavy (non-hydrogen) atoms. The van der Waals surface area contributed by atoms with Crippen molar-refractivity contribution >= 4 is 0 Å². The van der Waals surface area contributed by atoms with Crippen LogP contribution in [0.3, 0.4) is 0 Å². The molecule has 0 atom stereocenters. The van der Waals surface area contributed by atoms with E-state index in [1.807, 2.05) is 30.7 Å². The molecule has 0 unspecified atom stereocenters. The molecule has 45 valence electrons. The Labute approximate surface area is 85.9 Å². The molecule has 0 heterocycles. The van der Waals surface area contributed by atoms with Crippen molar-refractivity contribution in [3.05, 3.63) is 42.9 Å². The molecule has 0 bridgehead atoms. The SMILES string of the molecule is C=C1[CH]C=CC=C1.[I-].[Zn]. The van der Waals surface area contributed by atoms with Crippen LogP contribution in [-0.4, -0.2) is 0 Å². The van der Waals surface area contributed by atoms with Crippen molar-refractivity contribution in [1.82, 2.24) is 0 Å². The molecule has 0 fully saturated rings. The minimum absolute atomic E-state index is 0. The molecule has 1 rings (SSSR count). The number of hydrogen-bond acceptors (Lipinski definition) is 0. The minimum Gasteiger partial charge on any atom is -1.00 e. The second-order valence-electron chi connectivity index (χ2n) is 1.49. The number of halogens is 1. The summed E-state index contributed by atoms with van der Waals surface area (Å²) in [6.07, 6.45) is 9.87. The maximum Gasteiger partial charge on any atom is 0.0119 e. The average Bonchev–Trinajstić information content (AvgIpc) is 1.69. The fourth-order valence-electron chi connectivity index (χ4n) is 0.478. The van der Waals surface area contributed by atoms with Crippen molar-refractivity contribution in [3.8, 4) is 0 Å². The summed E-state index contributed by atoms with van der Waals surface area (Å²) in [5.41, 5.74) is 1.07. The van der Waals surface area contributed by atoms with Crippen LogP contribution in [0.1, 0.15) is 0 Å². The van der Waals surface area contributed by atoms with Gasteiger partial charge in [-0.25, -0.2) is 0 Å². The third-order valence-corrected chi connectivity index (χ3v) is 0.843. The van der Waals surface area contributed by atoms with Gasteiger partial charge in [0.1, 0.15) is 0 Å². The van der Waals surface area contributed by atoms with Crippen LogP contribution in [0.5, 0.6) is 0 Å². The summed E-state index contributed by atoms with van der Waals surface area (Å²) in [5, 5.41) is 0. The van der Waals surface area contributed by atoms with E-state index in [0.29, 0.717) is 0 Å². The average molecular weight is 283 g/mol. The summed E-state index contributed by atoms with van der Waals surface area (Å²) < 4.78 is 0. The maximum atomic E-state index is 3.72. The predicted molar refractivity (Wildman–Crippen MR) is 31.7 cm³/mol. The molecule has 0 spiro atoms. The van der Waals surface area contributed by atoms with E-state index in [1.165, 1.54) is 0 Å². The summed E-state index contributed by atoms with van der Waals surface area (Å²) in [5.74, 6) is 0. The van der Waals surface area contributed by atoms with Gasteiger partial charge >= 0.3 is 0 Å². The molecular formula is C7H7IZn-. The fraction of sp³-hybridized carbons (Fsp3) is 0. The third-order valence-electron chi connectivity index (χ3n) is 0.843. The number of hydrogen-bond donors (Lipinski definition) is 0. The van der Waals surface area contributed by atoms with Crippen molar-refractivity contribution in [2.24, 2.45) is 0 Å². The molecule has 0 N–H and O–H groups in total. The van der Waals surface area contributed by atoms with Crippen molar-refractivity contribution in [1.29, 1.82) is 0 Å². The Morgan fingerprint density at radius 2 is 1.78 bits per heavy atom.